The van der Waals surface area contributed by atoms with Gasteiger partial charge in [0.25, 0.3) is 5.91 Å². The number of aromatic nitrogens is 1. The summed E-state index contributed by atoms with van der Waals surface area (Å²) in [4.78, 5) is 16.7. The predicted octanol–water partition coefficient (Wildman–Crippen LogP) is 2.91. The molecule has 25 heavy (non-hydrogen) atoms. The van der Waals surface area contributed by atoms with E-state index in [1.807, 2.05) is 4.90 Å². The molecular weight excluding hydrogens is 391 g/mol. The van der Waals surface area contributed by atoms with Gasteiger partial charge in [0.2, 0.25) is 0 Å². The van der Waals surface area contributed by atoms with Gasteiger partial charge >= 0.3 is 0 Å². The van der Waals surface area contributed by atoms with Crippen LogP contribution < -0.4 is 10.3 Å². The molecule has 132 valence electrons. The summed E-state index contributed by atoms with van der Waals surface area (Å²) in [6, 6.07) is 6.61. The molecule has 1 aliphatic heterocycles. The zero-order valence-electron chi connectivity index (χ0n) is 13.7. The molecule has 1 amide bonds. The van der Waals surface area contributed by atoms with Crippen molar-refractivity contribution < 1.29 is 13.9 Å². The van der Waals surface area contributed by atoms with E-state index < -0.39 is 0 Å². The largest absolute Gasteiger partial charge is 0.378 e. The van der Waals surface area contributed by atoms with Gasteiger partial charge in [-0.3, -0.25) is 4.79 Å². The molecule has 2 N–H and O–H groups in total. The summed E-state index contributed by atoms with van der Waals surface area (Å²) >= 11 is 3.26. The van der Waals surface area contributed by atoms with Crippen LogP contribution in [0.5, 0.6) is 0 Å². The Morgan fingerprint density at radius 3 is 2.76 bits per heavy atom. The molecule has 1 aliphatic rings. The molecule has 1 fully saturated rings. The number of hydrazone groups is 1. The highest BCUT2D eigenvalue weighted by Crippen LogP contribution is 2.22. The quantitative estimate of drug-likeness (QED) is 0.603. The van der Waals surface area contributed by atoms with Gasteiger partial charge in [0, 0.05) is 29.3 Å². The monoisotopic (exact) mass is 408 g/mol. The summed E-state index contributed by atoms with van der Waals surface area (Å²) in [6.07, 6.45) is 1.66. The van der Waals surface area contributed by atoms with Crippen molar-refractivity contribution >= 4 is 33.2 Å². The van der Waals surface area contributed by atoms with Crippen LogP contribution in [-0.4, -0.2) is 42.9 Å². The standard InChI is InChI=1S/C17H18BrFN4O2/c1-11(21-22-17(24)15-9-13(18)10-20-15)12-2-3-16(14(19)8-12)23-4-6-25-7-5-23/h2-3,8-10,20H,4-7H2,1H3,(H,22,24). The Labute approximate surface area is 153 Å². The zero-order chi connectivity index (χ0) is 17.8. The number of morpholine rings is 1. The number of nitrogens with zero attached hydrogens (tertiary/aromatic N) is 2. The number of amides is 1. The number of benzene rings is 1. The fourth-order valence-corrected chi connectivity index (χ4v) is 2.89. The first kappa shape index (κ1) is 17.6. The molecule has 1 aromatic carbocycles. The summed E-state index contributed by atoms with van der Waals surface area (Å²) in [5, 5.41) is 4.04. The van der Waals surface area contributed by atoms with Crippen LogP contribution in [0.2, 0.25) is 0 Å². The van der Waals surface area contributed by atoms with Crippen LogP contribution in [0.3, 0.4) is 0 Å². The molecule has 1 aromatic heterocycles. The van der Waals surface area contributed by atoms with Gasteiger partial charge in [-0.15, -0.1) is 0 Å². The Balaban J connectivity index is 1.70. The number of nitrogens with one attached hydrogen (secondary N) is 2. The third-order valence-electron chi connectivity index (χ3n) is 3.93. The molecule has 0 aliphatic carbocycles. The SMILES string of the molecule is CC(=NNC(=O)c1cc(Br)c[nH]1)c1ccc(N2CCOCC2)c(F)c1. The summed E-state index contributed by atoms with van der Waals surface area (Å²) < 4.78 is 20.5. The second-order valence-corrected chi connectivity index (χ2v) is 6.55. The molecule has 0 unspecified atom stereocenters. The summed E-state index contributed by atoms with van der Waals surface area (Å²) in [5.74, 6) is -0.677. The molecule has 1 saturated heterocycles. The Morgan fingerprint density at radius 1 is 1.36 bits per heavy atom. The van der Waals surface area contributed by atoms with Crippen LogP contribution in [0.15, 0.2) is 40.0 Å². The van der Waals surface area contributed by atoms with Crippen LogP contribution in [0, 0.1) is 5.82 Å². The topological polar surface area (TPSA) is 69.7 Å². The van der Waals surface area contributed by atoms with Crippen molar-refractivity contribution in [2.24, 2.45) is 5.10 Å². The number of ether oxygens (including phenoxy) is 1. The predicted molar refractivity (Wildman–Crippen MR) is 97.6 cm³/mol. The Bertz CT molecular complexity index is 800. The lowest BCUT2D eigenvalue weighted by atomic mass is 10.1. The summed E-state index contributed by atoms with van der Waals surface area (Å²) in [7, 11) is 0. The second kappa shape index (κ2) is 7.79. The van der Waals surface area contributed by atoms with E-state index in [-0.39, 0.29) is 11.7 Å². The van der Waals surface area contributed by atoms with Gasteiger partial charge in [-0.05, 0) is 41.1 Å². The lowest BCUT2D eigenvalue weighted by Crippen LogP contribution is -2.36. The van der Waals surface area contributed by atoms with E-state index in [0.29, 0.717) is 49.0 Å². The van der Waals surface area contributed by atoms with Crippen molar-refractivity contribution in [3.63, 3.8) is 0 Å². The van der Waals surface area contributed by atoms with Crippen molar-refractivity contribution in [3.05, 3.63) is 52.0 Å². The van der Waals surface area contributed by atoms with Crippen LogP contribution in [0.4, 0.5) is 10.1 Å². The van der Waals surface area contributed by atoms with Crippen LogP contribution in [0.1, 0.15) is 23.0 Å². The van der Waals surface area contributed by atoms with Crippen LogP contribution in [0.25, 0.3) is 0 Å². The number of hydrogen-bond donors (Lipinski definition) is 2. The van der Waals surface area contributed by atoms with Crippen molar-refractivity contribution in [3.8, 4) is 0 Å². The molecule has 8 heteroatoms. The molecule has 3 rings (SSSR count). The lowest BCUT2D eigenvalue weighted by Gasteiger charge is -2.29. The van der Waals surface area contributed by atoms with E-state index >= 15 is 0 Å². The van der Waals surface area contributed by atoms with Crippen LogP contribution in [-0.2, 0) is 4.74 Å². The van der Waals surface area contributed by atoms with Gasteiger partial charge in [0.1, 0.15) is 11.5 Å². The highest BCUT2D eigenvalue weighted by Gasteiger charge is 2.16. The van der Waals surface area contributed by atoms with Crippen molar-refractivity contribution in [2.75, 3.05) is 31.2 Å². The normalized spacial score (nSPS) is 15.3. The minimum absolute atomic E-state index is 0.312. The number of rotatable bonds is 4. The fraction of sp³-hybridized carbons (Fsp3) is 0.294. The minimum atomic E-state index is -0.365. The molecular formula is C17H18BrFN4O2. The molecule has 6 nitrogen and oxygen atoms in total. The average molecular weight is 409 g/mol. The number of H-pyrrole nitrogens is 1. The minimum Gasteiger partial charge on any atom is -0.378 e. The van der Waals surface area contributed by atoms with Crippen molar-refractivity contribution in [1.82, 2.24) is 10.4 Å². The molecule has 0 atom stereocenters. The van der Waals surface area contributed by atoms with Gasteiger partial charge in [0.05, 0.1) is 24.6 Å². The van der Waals surface area contributed by atoms with Gasteiger partial charge in [0.15, 0.2) is 0 Å². The molecule has 2 heterocycles. The van der Waals surface area contributed by atoms with Crippen molar-refractivity contribution in [1.29, 1.82) is 0 Å². The maximum atomic E-state index is 14.4. The molecule has 0 radical (unpaired) electrons. The first-order chi connectivity index (χ1) is 12.0. The third-order valence-corrected chi connectivity index (χ3v) is 4.39. The summed E-state index contributed by atoms with van der Waals surface area (Å²) in [6.45, 7) is 4.26. The van der Waals surface area contributed by atoms with Gasteiger partial charge < -0.3 is 14.6 Å². The molecule has 2 aromatic rings. The van der Waals surface area contributed by atoms with Gasteiger partial charge in [-0.2, -0.15) is 5.10 Å². The maximum Gasteiger partial charge on any atom is 0.287 e. The van der Waals surface area contributed by atoms with Crippen molar-refractivity contribution in [2.45, 2.75) is 6.92 Å². The van der Waals surface area contributed by atoms with Crippen LogP contribution >= 0.6 is 15.9 Å². The van der Waals surface area contributed by atoms with E-state index in [4.69, 9.17) is 4.74 Å². The number of aromatic amines is 1. The smallest absolute Gasteiger partial charge is 0.287 e. The fourth-order valence-electron chi connectivity index (χ4n) is 2.55. The highest BCUT2D eigenvalue weighted by atomic mass is 79.9. The van der Waals surface area contributed by atoms with E-state index in [9.17, 15) is 9.18 Å². The van der Waals surface area contributed by atoms with E-state index in [2.05, 4.69) is 31.4 Å². The number of halogens is 2. The Morgan fingerprint density at radius 2 is 2.12 bits per heavy atom. The number of carbonyl (C=O) groups excluding carboxylic acids is 1. The van der Waals surface area contributed by atoms with E-state index in [0.717, 1.165) is 4.47 Å². The van der Waals surface area contributed by atoms with Gasteiger partial charge in [-0.25, -0.2) is 9.82 Å². The van der Waals surface area contributed by atoms with E-state index in [1.54, 1.807) is 31.3 Å². The molecule has 0 spiro atoms. The van der Waals surface area contributed by atoms with Gasteiger partial charge in [-0.1, -0.05) is 6.07 Å². The number of anilines is 1. The van der Waals surface area contributed by atoms with E-state index in [1.165, 1.54) is 6.07 Å². The number of carbonyl (C=O) groups is 1. The highest BCUT2D eigenvalue weighted by molar-refractivity contribution is 9.10. The lowest BCUT2D eigenvalue weighted by molar-refractivity contribution is 0.0950. The first-order valence-corrected chi connectivity index (χ1v) is 8.65. The maximum absolute atomic E-state index is 14.4. The average Bonchev–Trinajstić information content (AvgIpc) is 3.06. The Hall–Kier alpha value is -2.19. The molecule has 0 bridgehead atoms. The molecule has 0 saturated carbocycles. The first-order valence-electron chi connectivity index (χ1n) is 7.86. The number of hydrogen-bond acceptors (Lipinski definition) is 4. The second-order valence-electron chi connectivity index (χ2n) is 5.64. The third kappa shape index (κ3) is 4.26. The Kier molecular flexibility index (Phi) is 5.50. The summed E-state index contributed by atoms with van der Waals surface area (Å²) in [5.41, 5.74) is 4.53. The zero-order valence-corrected chi connectivity index (χ0v) is 15.3.